The maximum atomic E-state index is 12.8. The van der Waals surface area contributed by atoms with Gasteiger partial charge < -0.3 is 10.2 Å². The lowest BCUT2D eigenvalue weighted by molar-refractivity contribution is -0.384. The lowest BCUT2D eigenvalue weighted by Crippen LogP contribution is -2.50. The maximum absolute atomic E-state index is 12.8. The highest BCUT2D eigenvalue weighted by molar-refractivity contribution is 5.98. The second-order valence-corrected chi connectivity index (χ2v) is 7.11. The van der Waals surface area contributed by atoms with E-state index in [4.69, 9.17) is 0 Å². The number of hydrogen-bond donors (Lipinski definition) is 1. The van der Waals surface area contributed by atoms with Gasteiger partial charge in [0.05, 0.1) is 10.6 Å². The monoisotopic (exact) mass is 345 g/mol. The number of nitrogens with zero attached hydrogens (tertiary/aromatic N) is 2. The van der Waals surface area contributed by atoms with Crippen LogP contribution in [0.2, 0.25) is 0 Å². The number of nitro groups is 1. The molecule has 1 aliphatic carbocycles. The number of nitro benzene ring substituents is 1. The van der Waals surface area contributed by atoms with E-state index < -0.39 is 11.0 Å². The van der Waals surface area contributed by atoms with Gasteiger partial charge in [0.25, 0.3) is 5.69 Å². The molecular weight excluding hydrogens is 322 g/mol. The van der Waals surface area contributed by atoms with E-state index in [1.165, 1.54) is 12.1 Å². The summed E-state index contributed by atoms with van der Waals surface area (Å²) in [4.78, 5) is 37.5. The zero-order valence-corrected chi connectivity index (χ0v) is 14.5. The van der Waals surface area contributed by atoms with E-state index in [0.717, 1.165) is 24.8 Å². The molecule has 1 aromatic carbocycles. The Hall–Kier alpha value is -2.44. The van der Waals surface area contributed by atoms with Gasteiger partial charge in [-0.25, -0.2) is 0 Å². The molecule has 1 saturated heterocycles. The molecule has 0 spiro atoms. The van der Waals surface area contributed by atoms with Crippen LogP contribution in [0.25, 0.3) is 0 Å². The van der Waals surface area contributed by atoms with Gasteiger partial charge in [-0.15, -0.1) is 0 Å². The molecule has 134 valence electrons. The van der Waals surface area contributed by atoms with Crippen molar-refractivity contribution in [1.29, 1.82) is 0 Å². The Bertz CT molecular complexity index is 718. The average Bonchev–Trinajstić information content (AvgIpc) is 3.32. The first-order chi connectivity index (χ1) is 11.9. The minimum absolute atomic E-state index is 0.0490. The number of benzene rings is 1. The fourth-order valence-corrected chi connectivity index (χ4v) is 3.42. The van der Waals surface area contributed by atoms with Crippen molar-refractivity contribution in [3.63, 3.8) is 0 Å². The molecule has 1 N–H and O–H groups in total. The van der Waals surface area contributed by atoms with Crippen molar-refractivity contribution in [3.8, 4) is 0 Å². The van der Waals surface area contributed by atoms with Crippen molar-refractivity contribution in [2.45, 2.75) is 45.6 Å². The van der Waals surface area contributed by atoms with E-state index in [-0.39, 0.29) is 23.4 Å². The van der Waals surface area contributed by atoms with Gasteiger partial charge in [0, 0.05) is 24.6 Å². The summed E-state index contributed by atoms with van der Waals surface area (Å²) in [6.45, 7) is 4.44. The van der Waals surface area contributed by atoms with Gasteiger partial charge in [0.2, 0.25) is 11.8 Å². The van der Waals surface area contributed by atoms with Crippen LogP contribution < -0.4 is 5.32 Å². The number of amides is 2. The number of carbonyl (C=O) groups is 2. The Morgan fingerprint density at radius 1 is 1.32 bits per heavy atom. The summed E-state index contributed by atoms with van der Waals surface area (Å²) in [5.74, 6) is 0.262. The molecule has 1 aliphatic heterocycles. The molecule has 3 rings (SSSR count). The highest BCUT2D eigenvalue weighted by Gasteiger charge is 2.44. The SMILES string of the molecule is Cc1ccc([N+](=O)[O-])cc1NC(=O)[C@H]1CCCCN1C(=O)[C@H]1C[C@@H]1C. The molecule has 2 fully saturated rings. The number of non-ortho nitro benzene ring substituents is 1. The molecule has 2 aliphatic rings. The van der Waals surface area contributed by atoms with Crippen LogP contribution in [0.5, 0.6) is 0 Å². The second kappa shape index (κ2) is 6.82. The van der Waals surface area contributed by atoms with Crippen molar-refractivity contribution >= 4 is 23.2 Å². The van der Waals surface area contributed by atoms with Crippen LogP contribution in [0.15, 0.2) is 18.2 Å². The number of anilines is 1. The summed E-state index contributed by atoms with van der Waals surface area (Å²) in [7, 11) is 0. The fraction of sp³-hybridized carbons (Fsp3) is 0.556. The summed E-state index contributed by atoms with van der Waals surface area (Å²) in [6, 6.07) is 3.90. The molecular formula is C18H23N3O4. The first kappa shape index (κ1) is 17.4. The van der Waals surface area contributed by atoms with Gasteiger partial charge in [-0.2, -0.15) is 0 Å². The normalized spacial score (nSPS) is 25.4. The molecule has 1 saturated carbocycles. The first-order valence-electron chi connectivity index (χ1n) is 8.75. The maximum Gasteiger partial charge on any atom is 0.271 e. The largest absolute Gasteiger partial charge is 0.330 e. The highest BCUT2D eigenvalue weighted by atomic mass is 16.6. The fourth-order valence-electron chi connectivity index (χ4n) is 3.42. The van der Waals surface area contributed by atoms with Crippen LogP contribution in [0.1, 0.15) is 38.2 Å². The van der Waals surface area contributed by atoms with Crippen molar-refractivity contribution in [3.05, 3.63) is 33.9 Å². The van der Waals surface area contributed by atoms with Crippen LogP contribution >= 0.6 is 0 Å². The molecule has 0 radical (unpaired) electrons. The number of piperidine rings is 1. The molecule has 0 bridgehead atoms. The van der Waals surface area contributed by atoms with Crippen LogP contribution in [0.3, 0.4) is 0 Å². The Morgan fingerprint density at radius 3 is 2.68 bits per heavy atom. The third kappa shape index (κ3) is 3.65. The third-order valence-electron chi connectivity index (χ3n) is 5.21. The van der Waals surface area contributed by atoms with Gasteiger partial charge in [-0.1, -0.05) is 13.0 Å². The Kier molecular flexibility index (Phi) is 4.74. The topological polar surface area (TPSA) is 92.6 Å². The zero-order valence-electron chi connectivity index (χ0n) is 14.5. The van der Waals surface area contributed by atoms with Gasteiger partial charge >= 0.3 is 0 Å². The van der Waals surface area contributed by atoms with E-state index in [1.807, 2.05) is 6.92 Å². The summed E-state index contributed by atoms with van der Waals surface area (Å²) >= 11 is 0. The lowest BCUT2D eigenvalue weighted by Gasteiger charge is -2.35. The summed E-state index contributed by atoms with van der Waals surface area (Å²) in [5, 5.41) is 13.7. The van der Waals surface area contributed by atoms with Crippen LogP contribution in [-0.2, 0) is 9.59 Å². The molecule has 0 unspecified atom stereocenters. The summed E-state index contributed by atoms with van der Waals surface area (Å²) in [5.41, 5.74) is 1.12. The van der Waals surface area contributed by atoms with Crippen LogP contribution in [-0.4, -0.2) is 34.2 Å². The Morgan fingerprint density at radius 2 is 2.04 bits per heavy atom. The van der Waals surface area contributed by atoms with E-state index in [2.05, 4.69) is 5.32 Å². The molecule has 1 aromatic rings. The van der Waals surface area contributed by atoms with E-state index in [1.54, 1.807) is 17.9 Å². The zero-order chi connectivity index (χ0) is 18.1. The van der Waals surface area contributed by atoms with Crippen LogP contribution in [0.4, 0.5) is 11.4 Å². The minimum atomic E-state index is -0.493. The molecule has 0 aromatic heterocycles. The molecule has 25 heavy (non-hydrogen) atoms. The molecule has 2 amide bonds. The van der Waals surface area contributed by atoms with E-state index >= 15 is 0 Å². The molecule has 7 nitrogen and oxygen atoms in total. The number of likely N-dealkylation sites (tertiary alicyclic amines) is 1. The Labute approximate surface area is 146 Å². The molecule has 3 atom stereocenters. The van der Waals surface area contributed by atoms with Crippen molar-refractivity contribution in [2.75, 3.05) is 11.9 Å². The number of aryl methyl sites for hydroxylation is 1. The smallest absolute Gasteiger partial charge is 0.271 e. The average molecular weight is 345 g/mol. The minimum Gasteiger partial charge on any atom is -0.330 e. The summed E-state index contributed by atoms with van der Waals surface area (Å²) < 4.78 is 0. The lowest BCUT2D eigenvalue weighted by atomic mass is 10.00. The van der Waals surface area contributed by atoms with Gasteiger partial charge in [-0.3, -0.25) is 19.7 Å². The molecule has 7 heteroatoms. The number of nitrogens with one attached hydrogen (secondary N) is 1. The predicted octanol–water partition coefficient (Wildman–Crippen LogP) is 2.88. The van der Waals surface area contributed by atoms with Gasteiger partial charge in [0.1, 0.15) is 6.04 Å². The quantitative estimate of drug-likeness (QED) is 0.671. The first-order valence-corrected chi connectivity index (χ1v) is 8.75. The van der Waals surface area contributed by atoms with Crippen molar-refractivity contribution in [2.24, 2.45) is 11.8 Å². The van der Waals surface area contributed by atoms with Crippen molar-refractivity contribution < 1.29 is 14.5 Å². The standard InChI is InChI=1S/C18H23N3O4/c1-11-6-7-13(21(24)25)10-15(11)19-17(22)16-5-3-4-8-20(16)18(23)14-9-12(14)2/h6-7,10,12,14,16H,3-5,8-9H2,1-2H3,(H,19,22)/t12-,14-,16+/m0/s1. The molecule has 1 heterocycles. The number of hydrogen-bond acceptors (Lipinski definition) is 4. The Balaban J connectivity index is 1.76. The second-order valence-electron chi connectivity index (χ2n) is 7.11. The highest BCUT2D eigenvalue weighted by Crippen LogP contribution is 2.40. The predicted molar refractivity (Wildman–Crippen MR) is 93.1 cm³/mol. The van der Waals surface area contributed by atoms with Crippen LogP contribution in [0, 0.1) is 28.9 Å². The van der Waals surface area contributed by atoms with E-state index in [9.17, 15) is 19.7 Å². The van der Waals surface area contributed by atoms with Gasteiger partial charge in [-0.05, 0) is 44.1 Å². The van der Waals surface area contributed by atoms with Crippen molar-refractivity contribution in [1.82, 2.24) is 4.90 Å². The summed E-state index contributed by atoms with van der Waals surface area (Å²) in [6.07, 6.45) is 3.34. The number of rotatable bonds is 4. The van der Waals surface area contributed by atoms with E-state index in [0.29, 0.717) is 24.6 Å². The third-order valence-corrected chi connectivity index (χ3v) is 5.21. The number of carbonyl (C=O) groups excluding carboxylic acids is 2. The van der Waals surface area contributed by atoms with Gasteiger partial charge in [0.15, 0.2) is 0 Å².